The number of rotatable bonds is 1. The summed E-state index contributed by atoms with van der Waals surface area (Å²) in [7, 11) is 0. The van der Waals surface area contributed by atoms with Crippen LogP contribution in [0.4, 0.5) is 0 Å². The first-order valence-corrected chi connectivity index (χ1v) is 5.31. The van der Waals surface area contributed by atoms with Crippen LogP contribution in [0.3, 0.4) is 0 Å². The van der Waals surface area contributed by atoms with Crippen LogP contribution in [0.2, 0.25) is 0 Å². The Morgan fingerprint density at radius 2 is 2.10 bits per heavy atom. The van der Waals surface area contributed by atoms with Gasteiger partial charge >= 0.3 is 0 Å². The van der Waals surface area contributed by atoms with E-state index in [0.717, 1.165) is 5.92 Å². The Balaban J connectivity index is 2.24. The largest absolute Gasteiger partial charge is 0.162 e. The highest BCUT2D eigenvalue weighted by atomic mass is 32.2. The molecule has 0 bridgehead atoms. The molecule has 1 heterocycles. The molecule has 1 heteroatoms. The van der Waals surface area contributed by atoms with Crippen molar-refractivity contribution in [2.45, 2.75) is 33.6 Å². The van der Waals surface area contributed by atoms with Crippen LogP contribution in [0.15, 0.2) is 0 Å². The Morgan fingerprint density at radius 3 is 2.50 bits per heavy atom. The monoisotopic (exact) mass is 158 g/mol. The maximum Gasteiger partial charge on any atom is -0.00386 e. The highest BCUT2D eigenvalue weighted by molar-refractivity contribution is 7.99. The topological polar surface area (TPSA) is 0 Å². The van der Waals surface area contributed by atoms with Gasteiger partial charge in [0.05, 0.1) is 0 Å². The summed E-state index contributed by atoms with van der Waals surface area (Å²) >= 11 is 2.12. The fraction of sp³-hybridized carbons (Fsp3) is 1.00. The molecule has 1 unspecified atom stereocenters. The van der Waals surface area contributed by atoms with Gasteiger partial charge in [-0.1, -0.05) is 20.8 Å². The maximum absolute atomic E-state index is 2.34. The SMILES string of the molecule is CC(C)(C)CC1CCSC1. The first-order chi connectivity index (χ1) is 4.58. The van der Waals surface area contributed by atoms with Crippen molar-refractivity contribution in [2.24, 2.45) is 11.3 Å². The van der Waals surface area contributed by atoms with Crippen molar-refractivity contribution in [1.82, 2.24) is 0 Å². The van der Waals surface area contributed by atoms with Gasteiger partial charge in [0.2, 0.25) is 0 Å². The van der Waals surface area contributed by atoms with Crippen LogP contribution in [0.1, 0.15) is 33.6 Å². The summed E-state index contributed by atoms with van der Waals surface area (Å²) in [6.07, 6.45) is 2.88. The molecular weight excluding hydrogens is 140 g/mol. The molecule has 1 fully saturated rings. The van der Waals surface area contributed by atoms with E-state index in [4.69, 9.17) is 0 Å². The molecule has 0 N–H and O–H groups in total. The second-order valence-electron chi connectivity index (χ2n) is 4.49. The van der Waals surface area contributed by atoms with Gasteiger partial charge in [0, 0.05) is 0 Å². The summed E-state index contributed by atoms with van der Waals surface area (Å²) in [5, 5.41) is 0. The Bertz CT molecular complexity index is 95.8. The second kappa shape index (κ2) is 3.17. The van der Waals surface area contributed by atoms with Crippen LogP contribution in [-0.4, -0.2) is 11.5 Å². The molecule has 10 heavy (non-hydrogen) atoms. The van der Waals surface area contributed by atoms with Crippen molar-refractivity contribution in [3.8, 4) is 0 Å². The number of hydrogen-bond donors (Lipinski definition) is 0. The Kier molecular flexibility index (Phi) is 2.67. The summed E-state index contributed by atoms with van der Waals surface area (Å²) in [4.78, 5) is 0. The Morgan fingerprint density at radius 1 is 1.40 bits per heavy atom. The maximum atomic E-state index is 2.34. The summed E-state index contributed by atoms with van der Waals surface area (Å²) in [6, 6.07) is 0. The second-order valence-corrected chi connectivity index (χ2v) is 5.64. The lowest BCUT2D eigenvalue weighted by Crippen LogP contribution is -2.12. The van der Waals surface area contributed by atoms with E-state index >= 15 is 0 Å². The first kappa shape index (κ1) is 8.45. The molecule has 0 aromatic carbocycles. The van der Waals surface area contributed by atoms with Crippen LogP contribution in [0, 0.1) is 11.3 Å². The fourth-order valence-electron chi connectivity index (χ4n) is 1.61. The average molecular weight is 158 g/mol. The van der Waals surface area contributed by atoms with Gasteiger partial charge in [0.15, 0.2) is 0 Å². The zero-order chi connectivity index (χ0) is 7.61. The highest BCUT2D eigenvalue weighted by Gasteiger charge is 2.21. The standard InChI is InChI=1S/C9H18S/c1-9(2,3)6-8-4-5-10-7-8/h8H,4-7H2,1-3H3. The molecule has 0 aliphatic carbocycles. The molecule has 1 saturated heterocycles. The number of thioether (sulfide) groups is 1. The van der Waals surface area contributed by atoms with E-state index in [1.165, 1.54) is 24.3 Å². The van der Waals surface area contributed by atoms with Crippen molar-refractivity contribution in [3.05, 3.63) is 0 Å². The zero-order valence-corrected chi connectivity index (χ0v) is 8.13. The molecule has 1 rings (SSSR count). The van der Waals surface area contributed by atoms with Crippen molar-refractivity contribution >= 4 is 11.8 Å². The third-order valence-corrected chi connectivity index (χ3v) is 3.16. The zero-order valence-electron chi connectivity index (χ0n) is 7.31. The van der Waals surface area contributed by atoms with Crippen LogP contribution in [-0.2, 0) is 0 Å². The quantitative estimate of drug-likeness (QED) is 0.565. The van der Waals surface area contributed by atoms with Gasteiger partial charge in [0.25, 0.3) is 0 Å². The molecule has 60 valence electrons. The Labute approximate surface area is 68.8 Å². The Hall–Kier alpha value is 0.350. The third kappa shape index (κ3) is 2.96. The minimum atomic E-state index is 0.551. The lowest BCUT2D eigenvalue weighted by Gasteiger charge is -2.21. The smallest absolute Gasteiger partial charge is 0.00386 e. The summed E-state index contributed by atoms with van der Waals surface area (Å²) in [5.74, 6) is 3.84. The molecule has 0 saturated carbocycles. The van der Waals surface area contributed by atoms with Crippen LogP contribution < -0.4 is 0 Å². The van der Waals surface area contributed by atoms with Gasteiger partial charge in [-0.25, -0.2) is 0 Å². The van der Waals surface area contributed by atoms with Crippen molar-refractivity contribution in [1.29, 1.82) is 0 Å². The van der Waals surface area contributed by atoms with Gasteiger partial charge in [-0.15, -0.1) is 0 Å². The third-order valence-electron chi connectivity index (χ3n) is 1.93. The molecule has 0 aromatic heterocycles. The lowest BCUT2D eigenvalue weighted by atomic mass is 9.84. The molecule has 0 nitrogen and oxygen atoms in total. The van der Waals surface area contributed by atoms with E-state index in [9.17, 15) is 0 Å². The molecule has 1 aliphatic heterocycles. The average Bonchev–Trinajstić information content (AvgIpc) is 2.12. The molecule has 0 amide bonds. The van der Waals surface area contributed by atoms with E-state index in [1.54, 1.807) is 0 Å². The number of hydrogen-bond acceptors (Lipinski definition) is 1. The van der Waals surface area contributed by atoms with E-state index in [0.29, 0.717) is 5.41 Å². The predicted molar refractivity (Wildman–Crippen MR) is 49.5 cm³/mol. The minimum absolute atomic E-state index is 0.551. The van der Waals surface area contributed by atoms with Crippen molar-refractivity contribution in [2.75, 3.05) is 11.5 Å². The van der Waals surface area contributed by atoms with Gasteiger partial charge in [-0.05, 0) is 35.7 Å². The van der Waals surface area contributed by atoms with Gasteiger partial charge in [-0.2, -0.15) is 11.8 Å². The molecule has 0 radical (unpaired) electrons. The first-order valence-electron chi connectivity index (χ1n) is 4.16. The summed E-state index contributed by atoms with van der Waals surface area (Å²) in [6.45, 7) is 7.03. The van der Waals surface area contributed by atoms with Gasteiger partial charge < -0.3 is 0 Å². The fourth-order valence-corrected chi connectivity index (χ4v) is 2.89. The van der Waals surface area contributed by atoms with Crippen molar-refractivity contribution < 1.29 is 0 Å². The van der Waals surface area contributed by atoms with Crippen LogP contribution >= 0.6 is 11.8 Å². The summed E-state index contributed by atoms with van der Waals surface area (Å²) < 4.78 is 0. The normalized spacial score (nSPS) is 27.3. The lowest BCUT2D eigenvalue weighted by molar-refractivity contribution is 0.311. The predicted octanol–water partition coefficient (Wildman–Crippen LogP) is 3.18. The van der Waals surface area contributed by atoms with Crippen LogP contribution in [0.5, 0.6) is 0 Å². The van der Waals surface area contributed by atoms with E-state index in [1.807, 2.05) is 0 Å². The molecule has 0 spiro atoms. The van der Waals surface area contributed by atoms with E-state index in [2.05, 4.69) is 32.5 Å². The molecule has 1 aliphatic rings. The molecular formula is C9H18S. The molecule has 0 aromatic rings. The van der Waals surface area contributed by atoms with Gasteiger partial charge in [-0.3, -0.25) is 0 Å². The summed E-state index contributed by atoms with van der Waals surface area (Å²) in [5.41, 5.74) is 0.551. The van der Waals surface area contributed by atoms with E-state index < -0.39 is 0 Å². The van der Waals surface area contributed by atoms with Crippen LogP contribution in [0.25, 0.3) is 0 Å². The van der Waals surface area contributed by atoms with Gasteiger partial charge in [0.1, 0.15) is 0 Å². The highest BCUT2D eigenvalue weighted by Crippen LogP contribution is 2.33. The molecule has 1 atom stereocenters. The van der Waals surface area contributed by atoms with Crippen molar-refractivity contribution in [3.63, 3.8) is 0 Å². The van der Waals surface area contributed by atoms with E-state index in [-0.39, 0.29) is 0 Å². The minimum Gasteiger partial charge on any atom is -0.162 e.